The van der Waals surface area contributed by atoms with Crippen molar-refractivity contribution in [1.82, 2.24) is 15.2 Å². The molecule has 1 aromatic heterocycles. The predicted octanol–water partition coefficient (Wildman–Crippen LogP) is 2.89. The van der Waals surface area contributed by atoms with Gasteiger partial charge in [0.1, 0.15) is 6.10 Å². The first-order valence-electron chi connectivity index (χ1n) is 9.21. The van der Waals surface area contributed by atoms with Crippen LogP contribution in [0.2, 0.25) is 0 Å². The second kappa shape index (κ2) is 8.81. The van der Waals surface area contributed by atoms with Gasteiger partial charge in [0.15, 0.2) is 5.96 Å². The van der Waals surface area contributed by atoms with Gasteiger partial charge in [0.05, 0.1) is 13.2 Å². The summed E-state index contributed by atoms with van der Waals surface area (Å²) in [6, 6.07) is 10.5. The molecule has 0 amide bonds. The van der Waals surface area contributed by atoms with Gasteiger partial charge in [-0.15, -0.1) is 0 Å². The number of hydrogen-bond acceptors (Lipinski definition) is 3. The monoisotopic (exact) mass is 352 g/mol. The van der Waals surface area contributed by atoms with Crippen molar-refractivity contribution in [2.75, 3.05) is 33.3 Å². The Labute approximate surface area is 156 Å². The SMILES string of the molecule is CN=C(NCCc1ccncc1C)N1CCOC(c2ccccc2C)C1. The predicted molar refractivity (Wildman–Crippen MR) is 105 cm³/mol. The lowest BCUT2D eigenvalue weighted by atomic mass is 10.0. The third kappa shape index (κ3) is 4.41. The molecule has 0 saturated carbocycles. The van der Waals surface area contributed by atoms with E-state index in [-0.39, 0.29) is 6.10 Å². The first kappa shape index (κ1) is 18.4. The van der Waals surface area contributed by atoms with Gasteiger partial charge >= 0.3 is 0 Å². The van der Waals surface area contributed by atoms with Gasteiger partial charge in [-0.05, 0) is 48.6 Å². The number of aromatic nitrogens is 1. The molecule has 1 aromatic carbocycles. The van der Waals surface area contributed by atoms with Crippen molar-refractivity contribution in [3.05, 3.63) is 65.0 Å². The number of aryl methyl sites for hydroxylation is 2. The zero-order valence-electron chi connectivity index (χ0n) is 15.9. The molecule has 26 heavy (non-hydrogen) atoms. The van der Waals surface area contributed by atoms with Gasteiger partial charge in [0.25, 0.3) is 0 Å². The number of ether oxygens (including phenoxy) is 1. The number of hydrogen-bond donors (Lipinski definition) is 1. The number of guanidine groups is 1. The fourth-order valence-corrected chi connectivity index (χ4v) is 3.40. The molecular weight excluding hydrogens is 324 g/mol. The number of pyridine rings is 1. The van der Waals surface area contributed by atoms with Crippen molar-refractivity contribution in [3.8, 4) is 0 Å². The van der Waals surface area contributed by atoms with E-state index >= 15 is 0 Å². The number of nitrogens with one attached hydrogen (secondary N) is 1. The highest BCUT2D eigenvalue weighted by Gasteiger charge is 2.24. The first-order chi connectivity index (χ1) is 12.7. The summed E-state index contributed by atoms with van der Waals surface area (Å²) >= 11 is 0. The summed E-state index contributed by atoms with van der Waals surface area (Å²) in [6.07, 6.45) is 4.81. The summed E-state index contributed by atoms with van der Waals surface area (Å²) in [5.74, 6) is 0.943. The summed E-state index contributed by atoms with van der Waals surface area (Å²) in [4.78, 5) is 10.9. The Kier molecular flexibility index (Phi) is 6.23. The normalized spacial score (nSPS) is 18.0. The molecule has 0 bridgehead atoms. The van der Waals surface area contributed by atoms with Crippen molar-refractivity contribution in [3.63, 3.8) is 0 Å². The van der Waals surface area contributed by atoms with E-state index in [1.807, 2.05) is 19.4 Å². The highest BCUT2D eigenvalue weighted by Crippen LogP contribution is 2.24. The molecule has 0 aliphatic carbocycles. The van der Waals surface area contributed by atoms with Gasteiger partial charge in [-0.25, -0.2) is 0 Å². The standard InChI is InChI=1S/C21H28N4O/c1-16-6-4-5-7-19(16)20-15-25(12-13-26-20)21(22-3)24-11-9-18-8-10-23-14-17(18)2/h4-8,10,14,20H,9,11-13,15H2,1-3H3,(H,22,24). The molecule has 0 radical (unpaired) electrons. The molecular formula is C21H28N4O. The molecule has 1 aliphatic heterocycles. The molecule has 0 spiro atoms. The van der Waals surface area contributed by atoms with E-state index in [4.69, 9.17) is 4.74 Å². The Morgan fingerprint density at radius 3 is 2.88 bits per heavy atom. The van der Waals surface area contributed by atoms with E-state index in [1.165, 1.54) is 22.3 Å². The summed E-state index contributed by atoms with van der Waals surface area (Å²) in [7, 11) is 1.85. The summed E-state index contributed by atoms with van der Waals surface area (Å²) in [6.45, 7) is 7.48. The van der Waals surface area contributed by atoms with Crippen LogP contribution in [-0.2, 0) is 11.2 Å². The average molecular weight is 352 g/mol. The van der Waals surface area contributed by atoms with Gasteiger partial charge in [-0.2, -0.15) is 0 Å². The van der Waals surface area contributed by atoms with Gasteiger partial charge in [-0.3, -0.25) is 9.98 Å². The van der Waals surface area contributed by atoms with Crippen LogP contribution in [0.5, 0.6) is 0 Å². The maximum absolute atomic E-state index is 6.03. The minimum atomic E-state index is 0.0888. The summed E-state index contributed by atoms with van der Waals surface area (Å²) < 4.78 is 6.03. The molecule has 1 aliphatic rings. The second-order valence-corrected chi connectivity index (χ2v) is 6.69. The quantitative estimate of drug-likeness (QED) is 0.679. The molecule has 5 nitrogen and oxygen atoms in total. The number of nitrogens with zero attached hydrogens (tertiary/aromatic N) is 3. The van der Waals surface area contributed by atoms with Gasteiger partial charge in [0.2, 0.25) is 0 Å². The molecule has 1 fully saturated rings. The molecule has 1 unspecified atom stereocenters. The van der Waals surface area contributed by atoms with Crippen LogP contribution in [0.4, 0.5) is 0 Å². The third-order valence-corrected chi connectivity index (χ3v) is 4.93. The van der Waals surface area contributed by atoms with Crippen LogP contribution < -0.4 is 5.32 Å². The van der Waals surface area contributed by atoms with Crippen molar-refractivity contribution in [1.29, 1.82) is 0 Å². The Bertz CT molecular complexity index is 759. The minimum Gasteiger partial charge on any atom is -0.370 e. The summed E-state index contributed by atoms with van der Waals surface area (Å²) in [5.41, 5.74) is 5.09. The molecule has 2 aromatic rings. The van der Waals surface area contributed by atoms with E-state index in [2.05, 4.69) is 64.4 Å². The number of benzene rings is 1. The van der Waals surface area contributed by atoms with E-state index in [1.54, 1.807) is 0 Å². The fourth-order valence-electron chi connectivity index (χ4n) is 3.40. The Morgan fingerprint density at radius 1 is 1.27 bits per heavy atom. The van der Waals surface area contributed by atoms with Gasteiger partial charge < -0.3 is 15.0 Å². The van der Waals surface area contributed by atoms with Crippen LogP contribution in [-0.4, -0.2) is 49.1 Å². The van der Waals surface area contributed by atoms with Crippen LogP contribution >= 0.6 is 0 Å². The van der Waals surface area contributed by atoms with E-state index in [9.17, 15) is 0 Å². The zero-order valence-corrected chi connectivity index (χ0v) is 15.9. The van der Waals surface area contributed by atoms with E-state index in [0.717, 1.165) is 32.0 Å². The Balaban J connectivity index is 1.59. The topological polar surface area (TPSA) is 49.8 Å². The largest absolute Gasteiger partial charge is 0.370 e. The number of morpholine rings is 1. The highest BCUT2D eigenvalue weighted by atomic mass is 16.5. The maximum atomic E-state index is 6.03. The molecule has 3 rings (SSSR count). The fraction of sp³-hybridized carbons (Fsp3) is 0.429. The zero-order chi connectivity index (χ0) is 18.4. The van der Waals surface area contributed by atoms with Crippen molar-refractivity contribution >= 4 is 5.96 Å². The highest BCUT2D eigenvalue weighted by molar-refractivity contribution is 5.80. The van der Waals surface area contributed by atoms with Gasteiger partial charge in [-0.1, -0.05) is 24.3 Å². The van der Waals surface area contributed by atoms with Crippen molar-refractivity contribution in [2.24, 2.45) is 4.99 Å². The lowest BCUT2D eigenvalue weighted by Crippen LogP contribution is -2.48. The van der Waals surface area contributed by atoms with E-state index < -0.39 is 0 Å². The first-order valence-corrected chi connectivity index (χ1v) is 9.21. The van der Waals surface area contributed by atoms with Crippen LogP contribution in [0.1, 0.15) is 28.4 Å². The molecule has 2 heterocycles. The molecule has 1 atom stereocenters. The second-order valence-electron chi connectivity index (χ2n) is 6.69. The Hall–Kier alpha value is -2.40. The smallest absolute Gasteiger partial charge is 0.193 e. The summed E-state index contributed by atoms with van der Waals surface area (Å²) in [5, 5.41) is 3.50. The van der Waals surface area contributed by atoms with Crippen LogP contribution in [0.3, 0.4) is 0 Å². The van der Waals surface area contributed by atoms with Crippen LogP contribution in [0, 0.1) is 13.8 Å². The van der Waals surface area contributed by atoms with Crippen molar-refractivity contribution in [2.45, 2.75) is 26.4 Å². The average Bonchev–Trinajstić information content (AvgIpc) is 2.67. The molecule has 138 valence electrons. The number of rotatable bonds is 4. The maximum Gasteiger partial charge on any atom is 0.193 e. The molecule has 5 heteroatoms. The van der Waals surface area contributed by atoms with E-state index in [0.29, 0.717) is 6.61 Å². The molecule has 1 N–H and O–H groups in total. The third-order valence-electron chi connectivity index (χ3n) is 4.93. The Morgan fingerprint density at radius 2 is 2.12 bits per heavy atom. The lowest BCUT2D eigenvalue weighted by Gasteiger charge is -2.35. The number of aliphatic imine (C=N–C) groups is 1. The molecule has 1 saturated heterocycles. The minimum absolute atomic E-state index is 0.0888. The van der Waals surface area contributed by atoms with Crippen molar-refractivity contribution < 1.29 is 4.74 Å². The lowest BCUT2D eigenvalue weighted by molar-refractivity contribution is -0.00829. The van der Waals surface area contributed by atoms with Gasteiger partial charge in [0, 0.05) is 32.5 Å². The van der Waals surface area contributed by atoms with Crippen LogP contribution in [0.15, 0.2) is 47.7 Å². The van der Waals surface area contributed by atoms with Crippen LogP contribution in [0.25, 0.3) is 0 Å².